The molecule has 0 atom stereocenters. The molecule has 0 unspecified atom stereocenters. The minimum Gasteiger partial charge on any atom is -0.178 e. The molecule has 0 aliphatic carbocycles. The maximum Gasteiger partial charge on any atom is 0.0800 e. The van der Waals surface area contributed by atoms with Crippen LogP contribution in [0.4, 0.5) is 0 Å². The molecule has 1 aromatic rings. The highest BCUT2D eigenvalue weighted by molar-refractivity contribution is 7.80. The van der Waals surface area contributed by atoms with Crippen LogP contribution >= 0.6 is 24.0 Å². The highest BCUT2D eigenvalue weighted by Crippen LogP contribution is 2.17. The summed E-state index contributed by atoms with van der Waals surface area (Å²) in [5.74, 6) is 7.21. The highest BCUT2D eigenvalue weighted by atomic mass is 32.1. The van der Waals surface area contributed by atoms with Crippen molar-refractivity contribution in [2.45, 2.75) is 32.6 Å². The van der Waals surface area contributed by atoms with Crippen LogP contribution in [0.15, 0.2) is 11.4 Å². The first kappa shape index (κ1) is 11.7. The Bertz CT molecular complexity index is 315. The van der Waals surface area contributed by atoms with Gasteiger partial charge in [0, 0.05) is 12.2 Å². The summed E-state index contributed by atoms with van der Waals surface area (Å²) in [7, 11) is 0. The molecule has 1 aromatic heterocycles. The number of thiophene rings is 1. The van der Waals surface area contributed by atoms with Gasteiger partial charge in [-0.05, 0) is 29.9 Å². The molecule has 0 saturated heterocycles. The summed E-state index contributed by atoms with van der Waals surface area (Å²) in [6.07, 6.45) is 4.57. The topological polar surface area (TPSA) is 0 Å². The molecule has 1 rings (SSSR count). The van der Waals surface area contributed by atoms with E-state index in [0.29, 0.717) is 0 Å². The van der Waals surface area contributed by atoms with Gasteiger partial charge in [0.1, 0.15) is 0 Å². The van der Waals surface area contributed by atoms with E-state index < -0.39 is 0 Å². The van der Waals surface area contributed by atoms with E-state index in [1.165, 1.54) is 29.7 Å². The van der Waals surface area contributed by atoms with Crippen molar-refractivity contribution >= 4 is 24.0 Å². The van der Waals surface area contributed by atoms with Gasteiger partial charge in [0.15, 0.2) is 0 Å². The van der Waals surface area contributed by atoms with Crippen LogP contribution in [0.2, 0.25) is 0 Å². The van der Waals surface area contributed by atoms with Crippen LogP contribution in [0.3, 0.4) is 0 Å². The van der Waals surface area contributed by atoms with Crippen LogP contribution in [-0.4, -0.2) is 5.75 Å². The van der Waals surface area contributed by atoms with Crippen molar-refractivity contribution in [3.8, 4) is 11.8 Å². The Morgan fingerprint density at radius 3 is 3.07 bits per heavy atom. The second kappa shape index (κ2) is 6.98. The van der Waals surface area contributed by atoms with Gasteiger partial charge >= 0.3 is 0 Å². The van der Waals surface area contributed by atoms with Gasteiger partial charge < -0.3 is 0 Å². The van der Waals surface area contributed by atoms with Crippen LogP contribution in [0, 0.1) is 11.8 Å². The van der Waals surface area contributed by atoms with Gasteiger partial charge in [-0.15, -0.1) is 11.3 Å². The number of unbranched alkanes of at least 4 members (excludes halogenated alkanes) is 1. The molecule has 0 aromatic carbocycles. The van der Waals surface area contributed by atoms with Crippen molar-refractivity contribution in [2.75, 3.05) is 5.75 Å². The van der Waals surface area contributed by atoms with Crippen LogP contribution in [0.1, 0.15) is 36.6 Å². The molecule has 0 nitrogen and oxygen atoms in total. The van der Waals surface area contributed by atoms with Gasteiger partial charge in [-0.1, -0.05) is 25.2 Å². The third-order valence-electron chi connectivity index (χ3n) is 1.99. The second-order valence-electron chi connectivity index (χ2n) is 3.15. The summed E-state index contributed by atoms with van der Waals surface area (Å²) in [5, 5.41) is 2.13. The van der Waals surface area contributed by atoms with Gasteiger partial charge in [-0.3, -0.25) is 0 Å². The van der Waals surface area contributed by atoms with E-state index in [0.717, 1.165) is 12.2 Å². The summed E-state index contributed by atoms with van der Waals surface area (Å²) in [5.41, 5.74) is 1.42. The Hall–Kier alpha value is -0.390. The SMILES string of the molecule is CCCCc1ccsc1C#CCCS. The van der Waals surface area contributed by atoms with Crippen molar-refractivity contribution < 1.29 is 0 Å². The van der Waals surface area contributed by atoms with E-state index >= 15 is 0 Å². The van der Waals surface area contributed by atoms with Gasteiger partial charge in [0.05, 0.1) is 4.88 Å². The fraction of sp³-hybridized carbons (Fsp3) is 0.500. The second-order valence-corrected chi connectivity index (χ2v) is 4.52. The van der Waals surface area contributed by atoms with Crippen molar-refractivity contribution in [2.24, 2.45) is 0 Å². The zero-order valence-corrected chi connectivity index (χ0v) is 10.3. The molecule has 0 fully saturated rings. The van der Waals surface area contributed by atoms with Crippen LogP contribution in [-0.2, 0) is 6.42 Å². The Morgan fingerprint density at radius 2 is 2.36 bits per heavy atom. The zero-order valence-electron chi connectivity index (χ0n) is 8.55. The molecule has 14 heavy (non-hydrogen) atoms. The summed E-state index contributed by atoms with van der Waals surface area (Å²) in [6.45, 7) is 2.22. The van der Waals surface area contributed by atoms with Crippen LogP contribution in [0.25, 0.3) is 0 Å². The number of hydrogen-bond donors (Lipinski definition) is 1. The molecule has 0 N–H and O–H groups in total. The molecule has 0 spiro atoms. The molecular weight excluding hydrogens is 208 g/mol. The molecule has 0 bridgehead atoms. The molecule has 0 saturated carbocycles. The molecule has 2 heteroatoms. The van der Waals surface area contributed by atoms with Crippen molar-refractivity contribution in [1.29, 1.82) is 0 Å². The molecule has 0 aliphatic heterocycles. The first-order chi connectivity index (χ1) is 6.88. The lowest BCUT2D eigenvalue weighted by Gasteiger charge is -1.95. The smallest absolute Gasteiger partial charge is 0.0800 e. The summed E-state index contributed by atoms with van der Waals surface area (Å²) < 4.78 is 0. The maximum absolute atomic E-state index is 4.14. The van der Waals surface area contributed by atoms with Gasteiger partial charge in [-0.25, -0.2) is 0 Å². The average Bonchev–Trinajstić information content (AvgIpc) is 2.63. The first-order valence-corrected chi connectivity index (χ1v) is 6.55. The average molecular weight is 224 g/mol. The van der Waals surface area contributed by atoms with Crippen molar-refractivity contribution in [1.82, 2.24) is 0 Å². The third-order valence-corrected chi connectivity index (χ3v) is 3.08. The largest absolute Gasteiger partial charge is 0.178 e. The van der Waals surface area contributed by atoms with Crippen LogP contribution < -0.4 is 0 Å². The number of rotatable bonds is 4. The van der Waals surface area contributed by atoms with E-state index in [9.17, 15) is 0 Å². The zero-order chi connectivity index (χ0) is 10.2. The summed E-state index contributed by atoms with van der Waals surface area (Å²) >= 11 is 5.89. The Morgan fingerprint density at radius 1 is 1.50 bits per heavy atom. The standard InChI is InChI=1S/C12H16S2/c1-2-3-6-11-8-10-14-12(11)7-4-5-9-13/h8,10,13H,2-3,5-6,9H2,1H3. The lowest BCUT2D eigenvalue weighted by Crippen LogP contribution is -1.84. The third kappa shape index (κ3) is 3.77. The molecule has 0 aliphatic rings. The predicted octanol–water partition coefficient (Wildman–Crippen LogP) is 3.76. The van der Waals surface area contributed by atoms with E-state index in [1.54, 1.807) is 11.3 Å². The maximum atomic E-state index is 4.14. The van der Waals surface area contributed by atoms with Gasteiger partial charge in [0.25, 0.3) is 0 Å². The molecule has 76 valence electrons. The Kier molecular flexibility index (Phi) is 5.82. The van der Waals surface area contributed by atoms with Crippen molar-refractivity contribution in [3.05, 3.63) is 21.9 Å². The number of hydrogen-bond acceptors (Lipinski definition) is 2. The summed E-state index contributed by atoms with van der Waals surface area (Å²) in [4.78, 5) is 1.25. The predicted molar refractivity (Wildman–Crippen MR) is 68.3 cm³/mol. The minimum absolute atomic E-state index is 0.850. The van der Waals surface area contributed by atoms with E-state index in [4.69, 9.17) is 0 Å². The first-order valence-electron chi connectivity index (χ1n) is 5.04. The fourth-order valence-electron chi connectivity index (χ4n) is 1.21. The lowest BCUT2D eigenvalue weighted by atomic mass is 10.1. The van der Waals surface area contributed by atoms with E-state index in [2.05, 4.69) is 42.8 Å². The quantitative estimate of drug-likeness (QED) is 0.584. The van der Waals surface area contributed by atoms with Crippen molar-refractivity contribution in [3.63, 3.8) is 0 Å². The molecule has 1 heterocycles. The van der Waals surface area contributed by atoms with E-state index in [1.807, 2.05) is 0 Å². The number of thiol groups is 1. The lowest BCUT2D eigenvalue weighted by molar-refractivity contribution is 0.796. The normalized spacial score (nSPS) is 9.57. The molecule has 0 radical (unpaired) electrons. The van der Waals surface area contributed by atoms with E-state index in [-0.39, 0.29) is 0 Å². The molecular formula is C12H16S2. The minimum atomic E-state index is 0.850. The monoisotopic (exact) mass is 224 g/mol. The fourth-order valence-corrected chi connectivity index (χ4v) is 2.14. The Balaban J connectivity index is 2.59. The number of aryl methyl sites for hydroxylation is 1. The van der Waals surface area contributed by atoms with Gasteiger partial charge in [0.2, 0.25) is 0 Å². The van der Waals surface area contributed by atoms with Crippen LogP contribution in [0.5, 0.6) is 0 Å². The molecule has 0 amide bonds. The Labute approximate surface area is 96.1 Å². The highest BCUT2D eigenvalue weighted by Gasteiger charge is 1.99. The van der Waals surface area contributed by atoms with Gasteiger partial charge in [-0.2, -0.15) is 12.6 Å². The summed E-state index contributed by atoms with van der Waals surface area (Å²) in [6, 6.07) is 2.20.